The van der Waals surface area contributed by atoms with Gasteiger partial charge in [0.25, 0.3) is 23.6 Å². The number of carbonyl (C=O) groups excluding carboxylic acids is 6. The Labute approximate surface area is 454 Å². The molecule has 21 heteroatoms. The number of fused-ring (bicyclic) bond motifs is 1. The molecule has 414 valence electrons. The average Bonchev–Trinajstić information content (AvgIpc) is 3.80. The van der Waals surface area contributed by atoms with Gasteiger partial charge < -0.3 is 48.3 Å². The van der Waals surface area contributed by atoms with Crippen LogP contribution in [0.15, 0.2) is 60.7 Å². The van der Waals surface area contributed by atoms with Crippen LogP contribution in [0.2, 0.25) is 5.02 Å². The number of methoxy groups -OCH3 is 1. The largest absolute Gasteiger partial charge is 0.510 e. The number of ether oxygens (including phenoxy) is 7. The zero-order chi connectivity index (χ0) is 54.9. The van der Waals surface area contributed by atoms with E-state index in [1.54, 1.807) is 37.4 Å². The standard InChI is InChI=1S/C56H70ClN7O13/c1-55(2)52(56(3,4)53(55)77-42-12-8-39(34-58)45(57)33-42)59-48(66)38-6-9-40(10-7-38)61-18-16-37(17-19-61)35-60-20-22-62(23-21-60)41-11-13-43-44(32-41)50(68)64(49(43)67)46-14-15-47(65)63(51(46)69)36-76-54(70)75-31-30-74-29-28-73-27-26-72-25-24-71-5/h6-13,32-33,37,46,52-53H,14-31,35-36H2,1-5H3,(H,59,66). The van der Waals surface area contributed by atoms with Crippen molar-refractivity contribution in [1.29, 1.82) is 5.26 Å². The van der Waals surface area contributed by atoms with E-state index in [0.717, 1.165) is 79.8 Å². The second kappa shape index (κ2) is 25.4. The summed E-state index contributed by atoms with van der Waals surface area (Å²) in [6.07, 6.45) is 0.580. The summed E-state index contributed by atoms with van der Waals surface area (Å²) >= 11 is 6.27. The normalized spacial score (nSPS) is 21.4. The monoisotopic (exact) mass is 1080 g/mol. The number of likely N-dealkylation sites (tertiary alicyclic amines) is 1. The lowest BCUT2D eigenvalue weighted by molar-refractivity contribution is -0.164. The van der Waals surface area contributed by atoms with Crippen molar-refractivity contribution in [1.82, 2.24) is 20.0 Å². The molecule has 4 aliphatic heterocycles. The van der Waals surface area contributed by atoms with Gasteiger partial charge in [-0.2, -0.15) is 5.26 Å². The van der Waals surface area contributed by atoms with Crippen LogP contribution in [0.3, 0.4) is 0 Å². The van der Waals surface area contributed by atoms with Gasteiger partial charge in [-0.1, -0.05) is 39.3 Å². The molecule has 3 aromatic carbocycles. The topological polar surface area (TPSA) is 219 Å². The lowest BCUT2D eigenvalue weighted by atomic mass is 9.49. The first-order chi connectivity index (χ1) is 37.0. The highest BCUT2D eigenvalue weighted by Crippen LogP contribution is 2.55. The van der Waals surface area contributed by atoms with Crippen LogP contribution in [0.25, 0.3) is 0 Å². The second-order valence-electron chi connectivity index (χ2n) is 21.2. The maximum atomic E-state index is 13.9. The molecule has 0 aromatic heterocycles. The number of nitrogens with zero attached hydrogens (tertiary/aromatic N) is 6. The van der Waals surface area contributed by atoms with E-state index in [1.165, 1.54) is 0 Å². The number of nitriles is 1. The number of piperidine rings is 2. The molecule has 5 aliphatic rings. The van der Waals surface area contributed by atoms with Crippen molar-refractivity contribution >= 4 is 58.7 Å². The second-order valence-corrected chi connectivity index (χ2v) is 21.6. The minimum absolute atomic E-state index is 0.0503. The minimum Gasteiger partial charge on any atom is -0.489 e. The van der Waals surface area contributed by atoms with Crippen LogP contribution in [0.1, 0.15) is 90.0 Å². The molecule has 1 atom stereocenters. The summed E-state index contributed by atoms with van der Waals surface area (Å²) in [6, 6.07) is 18.8. The van der Waals surface area contributed by atoms with E-state index in [4.69, 9.17) is 44.8 Å². The third-order valence-corrected chi connectivity index (χ3v) is 15.7. The van der Waals surface area contributed by atoms with Crippen LogP contribution in [0.4, 0.5) is 16.2 Å². The molecule has 8 rings (SSSR count). The van der Waals surface area contributed by atoms with E-state index in [1.807, 2.05) is 30.3 Å². The first kappa shape index (κ1) is 56.9. The molecule has 20 nitrogen and oxygen atoms in total. The number of piperazine rings is 1. The summed E-state index contributed by atoms with van der Waals surface area (Å²) in [5.74, 6) is -1.66. The Morgan fingerprint density at radius 3 is 1.96 bits per heavy atom. The van der Waals surface area contributed by atoms with Crippen LogP contribution in [-0.2, 0) is 38.0 Å². The fourth-order valence-electron chi connectivity index (χ4n) is 11.5. The zero-order valence-corrected chi connectivity index (χ0v) is 45.3. The molecule has 3 saturated heterocycles. The Morgan fingerprint density at radius 2 is 1.32 bits per heavy atom. The number of anilines is 2. The highest BCUT2D eigenvalue weighted by Gasteiger charge is 2.64. The van der Waals surface area contributed by atoms with Gasteiger partial charge in [-0.05, 0) is 79.8 Å². The minimum atomic E-state index is -1.25. The maximum Gasteiger partial charge on any atom is 0.510 e. The number of hydrogen-bond donors (Lipinski definition) is 1. The number of benzene rings is 3. The highest BCUT2D eigenvalue weighted by molar-refractivity contribution is 6.31. The quantitative estimate of drug-likeness (QED) is 0.0676. The Hall–Kier alpha value is -6.34. The van der Waals surface area contributed by atoms with E-state index in [0.29, 0.717) is 60.9 Å². The predicted molar refractivity (Wildman–Crippen MR) is 283 cm³/mol. The number of amides is 5. The van der Waals surface area contributed by atoms with E-state index < -0.39 is 42.6 Å². The smallest absolute Gasteiger partial charge is 0.489 e. The van der Waals surface area contributed by atoms with Crippen molar-refractivity contribution < 1.29 is 61.9 Å². The molecule has 5 amide bonds. The highest BCUT2D eigenvalue weighted by atomic mass is 35.5. The molecule has 0 radical (unpaired) electrons. The van der Waals surface area contributed by atoms with Gasteiger partial charge in [-0.25, -0.2) is 9.69 Å². The molecule has 1 aliphatic carbocycles. The molecule has 1 saturated carbocycles. The lowest BCUT2D eigenvalue weighted by Crippen LogP contribution is -2.74. The molecular weight excluding hydrogens is 1010 g/mol. The number of carbonyl (C=O) groups is 6. The Bertz CT molecular complexity index is 2650. The third kappa shape index (κ3) is 13.2. The molecule has 1 unspecified atom stereocenters. The molecular formula is C56H70ClN7O13. The summed E-state index contributed by atoms with van der Waals surface area (Å²) < 4.78 is 37.4. The summed E-state index contributed by atoms with van der Waals surface area (Å²) in [5.41, 5.74) is 2.52. The van der Waals surface area contributed by atoms with Crippen LogP contribution in [-0.4, -0.2) is 181 Å². The van der Waals surface area contributed by atoms with Gasteiger partial charge in [0.05, 0.1) is 68.0 Å². The molecule has 1 N–H and O–H groups in total. The first-order valence-electron chi connectivity index (χ1n) is 26.4. The van der Waals surface area contributed by atoms with Gasteiger partial charge in [0.1, 0.15) is 30.6 Å². The van der Waals surface area contributed by atoms with Crippen molar-refractivity contribution in [3.8, 4) is 11.8 Å². The van der Waals surface area contributed by atoms with Crippen molar-refractivity contribution in [3.05, 3.63) is 87.9 Å². The Morgan fingerprint density at radius 1 is 0.714 bits per heavy atom. The number of halogens is 1. The summed E-state index contributed by atoms with van der Waals surface area (Å²) in [5, 5.41) is 12.9. The van der Waals surface area contributed by atoms with Gasteiger partial charge >= 0.3 is 6.16 Å². The van der Waals surface area contributed by atoms with E-state index >= 15 is 0 Å². The Kier molecular flexibility index (Phi) is 18.8. The number of nitrogens with one attached hydrogen (secondary N) is 1. The molecule has 0 bridgehead atoms. The number of imide groups is 2. The van der Waals surface area contributed by atoms with E-state index in [-0.39, 0.29) is 72.7 Å². The van der Waals surface area contributed by atoms with E-state index in [9.17, 15) is 34.0 Å². The van der Waals surface area contributed by atoms with Crippen molar-refractivity contribution in [3.63, 3.8) is 0 Å². The zero-order valence-electron chi connectivity index (χ0n) is 44.6. The van der Waals surface area contributed by atoms with Gasteiger partial charge in [0.15, 0.2) is 6.73 Å². The first-order valence-corrected chi connectivity index (χ1v) is 26.8. The summed E-state index contributed by atoms with van der Waals surface area (Å²) in [6.45, 7) is 15.9. The Balaban J connectivity index is 0.736. The molecule has 4 heterocycles. The molecule has 3 aromatic rings. The van der Waals surface area contributed by atoms with Crippen LogP contribution in [0, 0.1) is 28.1 Å². The van der Waals surface area contributed by atoms with Gasteiger partial charge in [-0.15, -0.1) is 0 Å². The van der Waals surface area contributed by atoms with Gasteiger partial charge in [-0.3, -0.25) is 33.8 Å². The summed E-state index contributed by atoms with van der Waals surface area (Å²) in [4.78, 5) is 88.6. The third-order valence-electron chi connectivity index (χ3n) is 15.4. The number of rotatable bonds is 23. The molecule has 0 spiro atoms. The SMILES string of the molecule is COCCOCCOCCOCCOC(=O)OCN1C(=O)CCC(N2C(=O)c3ccc(N4CCN(CC5CCN(c6ccc(C(=O)NC7C(C)(C)C(Oc8ccc(C#N)c(Cl)c8)C7(C)C)cc6)CC5)CC4)cc3C2=O)C1=O. The lowest BCUT2D eigenvalue weighted by Gasteiger charge is -2.63. The van der Waals surface area contributed by atoms with Crippen molar-refractivity contribution in [2.75, 3.05) is 122 Å². The average molecular weight is 1080 g/mol. The molecule has 4 fully saturated rings. The van der Waals surface area contributed by atoms with Crippen molar-refractivity contribution in [2.45, 2.75) is 71.6 Å². The molecule has 77 heavy (non-hydrogen) atoms. The van der Waals surface area contributed by atoms with Gasteiger partial charge in [0.2, 0.25) is 5.91 Å². The van der Waals surface area contributed by atoms with Crippen LogP contribution >= 0.6 is 11.6 Å². The fraction of sp³-hybridized carbons (Fsp3) is 0.554. The maximum absolute atomic E-state index is 13.9. The fourth-order valence-corrected chi connectivity index (χ4v) is 11.7. The van der Waals surface area contributed by atoms with E-state index in [2.05, 4.69) is 53.8 Å². The summed E-state index contributed by atoms with van der Waals surface area (Å²) in [7, 11) is 1.59. The van der Waals surface area contributed by atoms with Crippen LogP contribution in [0.5, 0.6) is 5.75 Å². The number of hydrogen-bond acceptors (Lipinski definition) is 17. The van der Waals surface area contributed by atoms with Crippen LogP contribution < -0.4 is 19.9 Å². The van der Waals surface area contributed by atoms with Crippen molar-refractivity contribution in [2.24, 2.45) is 16.7 Å². The van der Waals surface area contributed by atoms with Gasteiger partial charge in [0, 0.05) is 99.2 Å². The predicted octanol–water partition coefficient (Wildman–Crippen LogP) is 5.78.